The highest BCUT2D eigenvalue weighted by molar-refractivity contribution is 5.36. The molecule has 1 N–H and O–H groups in total. The molecule has 2 aliphatic rings. The lowest BCUT2D eigenvalue weighted by Crippen LogP contribution is -2.27. The smallest absolute Gasteiger partial charge is 0.125 e. The number of piperidine rings is 1. The number of allylic oxidation sites excluding steroid dienone is 3. The molecule has 0 saturated carbocycles. The number of hydrogen-bond donors (Lipinski definition) is 1. The van der Waals surface area contributed by atoms with E-state index in [4.69, 9.17) is 4.74 Å². The first-order chi connectivity index (χ1) is 9.79. The predicted octanol–water partition coefficient (Wildman–Crippen LogP) is 3.73. The van der Waals surface area contributed by atoms with Crippen LogP contribution in [0, 0.1) is 12.3 Å². The Labute approximate surface area is 121 Å². The summed E-state index contributed by atoms with van der Waals surface area (Å²) in [5.41, 5.74) is 0.689. The molecule has 2 rings (SSSR count). The maximum atomic E-state index is 13.7. The van der Waals surface area contributed by atoms with Gasteiger partial charge in [0.25, 0.3) is 0 Å². The van der Waals surface area contributed by atoms with Gasteiger partial charge in [0.05, 0.1) is 6.10 Å². The molecule has 111 valence electrons. The first kappa shape index (κ1) is 15.5. The summed E-state index contributed by atoms with van der Waals surface area (Å²) in [6, 6.07) is 0. The van der Waals surface area contributed by atoms with E-state index in [2.05, 4.69) is 11.9 Å². The van der Waals surface area contributed by atoms with Gasteiger partial charge in [-0.3, -0.25) is 0 Å². The predicted molar refractivity (Wildman–Crippen MR) is 81.0 cm³/mol. The van der Waals surface area contributed by atoms with Crippen LogP contribution in [-0.4, -0.2) is 25.8 Å². The van der Waals surface area contributed by atoms with Crippen LogP contribution in [0.5, 0.6) is 0 Å². The minimum atomic E-state index is -0.211. The molecule has 0 aromatic rings. The summed E-state index contributed by atoms with van der Waals surface area (Å²) in [5, 5.41) is 3.38. The summed E-state index contributed by atoms with van der Waals surface area (Å²) in [7, 11) is 0. The maximum Gasteiger partial charge on any atom is 0.125 e. The third-order valence-electron chi connectivity index (χ3n) is 3.99. The fraction of sp³-hybridized carbons (Fsp3) is 0.588. The van der Waals surface area contributed by atoms with Crippen molar-refractivity contribution in [2.24, 2.45) is 5.92 Å². The molecular formula is C17H25FNO. The molecule has 1 atom stereocenters. The Hall–Kier alpha value is -0.930. The fourth-order valence-electron chi connectivity index (χ4n) is 2.78. The zero-order valence-corrected chi connectivity index (χ0v) is 12.1. The highest BCUT2D eigenvalue weighted by atomic mass is 19.1. The van der Waals surface area contributed by atoms with E-state index in [0.29, 0.717) is 18.6 Å². The third kappa shape index (κ3) is 4.88. The average molecular weight is 278 g/mol. The van der Waals surface area contributed by atoms with E-state index in [-0.39, 0.29) is 11.9 Å². The van der Waals surface area contributed by atoms with Crippen molar-refractivity contribution < 1.29 is 9.13 Å². The second-order valence-corrected chi connectivity index (χ2v) is 5.56. The van der Waals surface area contributed by atoms with Crippen LogP contribution in [-0.2, 0) is 4.74 Å². The Morgan fingerprint density at radius 3 is 2.90 bits per heavy atom. The molecule has 1 saturated heterocycles. The molecule has 1 heterocycles. The summed E-state index contributed by atoms with van der Waals surface area (Å²) in [6.45, 7) is 6.63. The lowest BCUT2D eigenvalue weighted by molar-refractivity contribution is 0.0980. The van der Waals surface area contributed by atoms with Crippen molar-refractivity contribution >= 4 is 0 Å². The SMILES string of the molecule is C=CCC1=C[CH]C(OCCCC2CCNCC2)C=C1F. The summed E-state index contributed by atoms with van der Waals surface area (Å²) < 4.78 is 19.4. The molecule has 1 aliphatic carbocycles. The number of rotatable bonds is 7. The van der Waals surface area contributed by atoms with Crippen molar-refractivity contribution in [1.29, 1.82) is 0 Å². The van der Waals surface area contributed by atoms with Gasteiger partial charge in [0.2, 0.25) is 0 Å². The molecular weight excluding hydrogens is 253 g/mol. The first-order valence-electron chi connectivity index (χ1n) is 7.64. The normalized spacial score (nSPS) is 24.1. The first-order valence-corrected chi connectivity index (χ1v) is 7.64. The summed E-state index contributed by atoms with van der Waals surface area (Å²) >= 11 is 0. The number of ether oxygens (including phenoxy) is 1. The largest absolute Gasteiger partial charge is 0.373 e. The molecule has 3 heteroatoms. The summed E-state index contributed by atoms with van der Waals surface area (Å²) in [6.07, 6.45) is 12.2. The number of nitrogens with one attached hydrogen (secondary N) is 1. The van der Waals surface area contributed by atoms with Gasteiger partial charge in [0, 0.05) is 13.0 Å². The van der Waals surface area contributed by atoms with E-state index in [0.717, 1.165) is 25.4 Å². The highest BCUT2D eigenvalue weighted by Crippen LogP contribution is 2.24. The van der Waals surface area contributed by atoms with Gasteiger partial charge in [-0.25, -0.2) is 4.39 Å². The van der Waals surface area contributed by atoms with E-state index < -0.39 is 0 Å². The van der Waals surface area contributed by atoms with E-state index in [9.17, 15) is 4.39 Å². The van der Waals surface area contributed by atoms with Gasteiger partial charge in [-0.15, -0.1) is 6.58 Å². The van der Waals surface area contributed by atoms with Crippen LogP contribution in [0.4, 0.5) is 4.39 Å². The summed E-state index contributed by atoms with van der Waals surface area (Å²) in [4.78, 5) is 0. The van der Waals surface area contributed by atoms with Crippen molar-refractivity contribution in [1.82, 2.24) is 5.32 Å². The molecule has 20 heavy (non-hydrogen) atoms. The van der Waals surface area contributed by atoms with Gasteiger partial charge >= 0.3 is 0 Å². The molecule has 1 aliphatic heterocycles. The molecule has 1 unspecified atom stereocenters. The fourth-order valence-corrected chi connectivity index (χ4v) is 2.78. The van der Waals surface area contributed by atoms with Crippen LogP contribution in [0.2, 0.25) is 0 Å². The second kappa shape index (κ2) is 8.38. The molecule has 0 aromatic carbocycles. The van der Waals surface area contributed by atoms with Gasteiger partial charge < -0.3 is 10.1 Å². The zero-order valence-electron chi connectivity index (χ0n) is 12.1. The van der Waals surface area contributed by atoms with E-state index in [1.807, 2.05) is 12.5 Å². The van der Waals surface area contributed by atoms with Crippen molar-refractivity contribution in [3.8, 4) is 0 Å². The zero-order chi connectivity index (χ0) is 14.2. The Balaban J connectivity index is 1.62. The van der Waals surface area contributed by atoms with E-state index >= 15 is 0 Å². The van der Waals surface area contributed by atoms with Crippen LogP contribution in [0.3, 0.4) is 0 Å². The third-order valence-corrected chi connectivity index (χ3v) is 3.99. The van der Waals surface area contributed by atoms with Gasteiger partial charge in [0.1, 0.15) is 5.83 Å². The topological polar surface area (TPSA) is 21.3 Å². The average Bonchev–Trinajstić information content (AvgIpc) is 2.48. The van der Waals surface area contributed by atoms with Crippen LogP contribution >= 0.6 is 0 Å². The maximum absolute atomic E-state index is 13.7. The Morgan fingerprint density at radius 2 is 2.20 bits per heavy atom. The molecule has 0 aromatic heterocycles. The Bertz CT molecular complexity index is 369. The summed E-state index contributed by atoms with van der Waals surface area (Å²) in [5.74, 6) is 0.664. The second-order valence-electron chi connectivity index (χ2n) is 5.56. The van der Waals surface area contributed by atoms with Crippen LogP contribution < -0.4 is 5.32 Å². The lowest BCUT2D eigenvalue weighted by atomic mass is 9.93. The van der Waals surface area contributed by atoms with Crippen molar-refractivity contribution in [2.75, 3.05) is 19.7 Å². The van der Waals surface area contributed by atoms with Crippen LogP contribution in [0.15, 0.2) is 36.2 Å². The molecule has 0 spiro atoms. The lowest BCUT2D eigenvalue weighted by Gasteiger charge is -2.23. The molecule has 1 fully saturated rings. The molecule has 2 nitrogen and oxygen atoms in total. The Morgan fingerprint density at radius 1 is 1.40 bits per heavy atom. The minimum Gasteiger partial charge on any atom is -0.373 e. The van der Waals surface area contributed by atoms with Crippen molar-refractivity contribution in [3.63, 3.8) is 0 Å². The molecule has 1 radical (unpaired) electrons. The standard InChI is InChI=1S/C17H25FNO/c1-2-4-15-6-7-16(13-17(15)18)20-12-3-5-14-8-10-19-11-9-14/h2,6-7,13-14,16,19H,1,3-5,8-12H2. The van der Waals surface area contributed by atoms with Crippen LogP contribution in [0.25, 0.3) is 0 Å². The van der Waals surface area contributed by atoms with Crippen molar-refractivity contribution in [2.45, 2.75) is 38.2 Å². The monoisotopic (exact) mass is 278 g/mol. The number of halogens is 1. The minimum absolute atomic E-state index is 0.171. The quantitative estimate of drug-likeness (QED) is 0.566. The van der Waals surface area contributed by atoms with Gasteiger partial charge in [-0.1, -0.05) is 12.2 Å². The Kier molecular flexibility index (Phi) is 6.48. The molecule has 0 amide bonds. The van der Waals surface area contributed by atoms with E-state index in [1.54, 1.807) is 12.2 Å². The van der Waals surface area contributed by atoms with Gasteiger partial charge in [-0.2, -0.15) is 0 Å². The van der Waals surface area contributed by atoms with Crippen molar-refractivity contribution in [3.05, 3.63) is 42.6 Å². The highest BCUT2D eigenvalue weighted by Gasteiger charge is 2.16. The van der Waals surface area contributed by atoms with Gasteiger partial charge in [0.15, 0.2) is 0 Å². The van der Waals surface area contributed by atoms with E-state index in [1.165, 1.54) is 19.3 Å². The van der Waals surface area contributed by atoms with Crippen LogP contribution in [0.1, 0.15) is 32.1 Å². The molecule has 0 bridgehead atoms. The number of hydrogen-bond acceptors (Lipinski definition) is 2. The van der Waals surface area contributed by atoms with Gasteiger partial charge in [-0.05, 0) is 62.8 Å².